The Morgan fingerprint density at radius 3 is 2.86 bits per heavy atom. The van der Waals surface area contributed by atoms with Crippen LogP contribution < -0.4 is 0 Å². The third kappa shape index (κ3) is 1.11. The molecule has 0 radical (unpaired) electrons. The van der Waals surface area contributed by atoms with Gasteiger partial charge >= 0.3 is 42.7 Å². The van der Waals surface area contributed by atoms with E-state index in [-0.39, 0.29) is 0 Å². The molecule has 0 aliphatic heterocycles. The fourth-order valence-corrected chi connectivity index (χ4v) is 0.448. The van der Waals surface area contributed by atoms with Crippen LogP contribution in [0.25, 0.3) is 0 Å². The van der Waals surface area contributed by atoms with Crippen LogP contribution in [0.1, 0.15) is 5.46 Å². The van der Waals surface area contributed by atoms with Gasteiger partial charge in [0.25, 0.3) is 0 Å². The molecule has 1 aromatic heterocycles. The summed E-state index contributed by atoms with van der Waals surface area (Å²) >= 11 is 0. The van der Waals surface area contributed by atoms with Crippen molar-refractivity contribution in [2.24, 2.45) is 0 Å². The van der Waals surface area contributed by atoms with Gasteiger partial charge in [-0.2, -0.15) is 0 Å². The summed E-state index contributed by atoms with van der Waals surface area (Å²) in [7, 11) is 1.83. The third-order valence-electron chi connectivity index (χ3n) is 0.809. The number of hydrogen-bond donors (Lipinski definition) is 0. The molecule has 0 N–H and O–H groups in total. The molecular formula is C5H6BN. The van der Waals surface area contributed by atoms with Crippen molar-refractivity contribution in [1.82, 2.24) is 4.89 Å². The van der Waals surface area contributed by atoms with Crippen molar-refractivity contribution < 1.29 is 0 Å². The second kappa shape index (κ2) is 1.87. The van der Waals surface area contributed by atoms with Crippen molar-refractivity contribution in [1.29, 1.82) is 0 Å². The number of nitrogens with zero attached hydrogens (tertiary/aromatic N) is 1. The van der Waals surface area contributed by atoms with Crippen molar-refractivity contribution in [3.8, 4) is 0 Å². The molecule has 1 aromatic rings. The fourth-order valence-electron chi connectivity index (χ4n) is 0.448. The first kappa shape index (κ1) is 4.50. The molecule has 0 fully saturated rings. The topological polar surface area (TPSA) is 12.9 Å². The van der Waals surface area contributed by atoms with Gasteiger partial charge in [0.05, 0.1) is 0 Å². The quantitative estimate of drug-likeness (QED) is 0.458. The van der Waals surface area contributed by atoms with Crippen LogP contribution in [0.5, 0.6) is 0 Å². The molecule has 0 amide bonds. The monoisotopic (exact) mass is 91.1 g/mol. The van der Waals surface area contributed by atoms with Gasteiger partial charge in [-0.05, 0) is 0 Å². The molecule has 1 rings (SSSR count). The molecule has 0 unspecified atom stereocenters. The average molecular weight is 90.9 g/mol. The minimum absolute atomic E-state index is 1.21. The van der Waals surface area contributed by atoms with E-state index in [2.05, 4.69) is 4.89 Å². The zero-order chi connectivity index (χ0) is 5.11. The van der Waals surface area contributed by atoms with E-state index in [9.17, 15) is 0 Å². The molecule has 2 heteroatoms. The summed E-state index contributed by atoms with van der Waals surface area (Å²) in [5.41, 5.74) is 1.21. The van der Waals surface area contributed by atoms with Crippen molar-refractivity contribution in [3.63, 3.8) is 0 Å². The van der Waals surface area contributed by atoms with E-state index in [0.29, 0.717) is 0 Å². The van der Waals surface area contributed by atoms with Crippen molar-refractivity contribution in [3.05, 3.63) is 23.8 Å². The van der Waals surface area contributed by atoms with Gasteiger partial charge in [-0.25, -0.2) is 0 Å². The van der Waals surface area contributed by atoms with E-state index in [1.807, 2.05) is 26.1 Å². The molecule has 0 saturated heterocycles. The zero-order valence-electron chi connectivity index (χ0n) is 4.26. The van der Waals surface area contributed by atoms with E-state index in [4.69, 9.17) is 0 Å². The molecule has 0 atom stereocenters. The number of rotatable bonds is 0. The Kier molecular flexibility index (Phi) is 1.20. The standard InChI is InChI=1S/C5H6BN/c1-5-3-2-4-7-6-5/h2-4H,1H3. The van der Waals surface area contributed by atoms with Gasteiger partial charge in [-0.3, -0.25) is 0 Å². The molecule has 0 aromatic carbocycles. The number of hydrogen-bond acceptors (Lipinski definition) is 1. The summed E-state index contributed by atoms with van der Waals surface area (Å²) in [6, 6.07) is 3.95. The molecule has 7 heavy (non-hydrogen) atoms. The Balaban J connectivity index is 3.02. The van der Waals surface area contributed by atoms with Gasteiger partial charge in [0, 0.05) is 0 Å². The van der Waals surface area contributed by atoms with Crippen LogP contribution in [0.2, 0.25) is 0 Å². The zero-order valence-corrected chi connectivity index (χ0v) is 4.26. The molecule has 34 valence electrons. The SMILES string of the molecule is Cc1bnccc1. The first-order valence-electron chi connectivity index (χ1n) is 2.26. The second-order valence-electron chi connectivity index (χ2n) is 1.53. The van der Waals surface area contributed by atoms with Gasteiger partial charge in [-0.1, -0.05) is 0 Å². The Labute approximate surface area is 43.6 Å². The van der Waals surface area contributed by atoms with Gasteiger partial charge in [0.15, 0.2) is 0 Å². The molecule has 0 aliphatic rings. The summed E-state index contributed by atoms with van der Waals surface area (Å²) in [6.45, 7) is 2.02. The maximum atomic E-state index is 3.88. The van der Waals surface area contributed by atoms with E-state index < -0.39 is 0 Å². The van der Waals surface area contributed by atoms with Crippen molar-refractivity contribution in [2.75, 3.05) is 0 Å². The average Bonchev–Trinajstić information content (AvgIpc) is 1.69. The molecule has 0 aliphatic carbocycles. The van der Waals surface area contributed by atoms with Crippen LogP contribution >= 0.6 is 0 Å². The predicted octanol–water partition coefficient (Wildman–Crippen LogP) is 0.728. The Morgan fingerprint density at radius 2 is 2.57 bits per heavy atom. The molecule has 0 bridgehead atoms. The Hall–Kier alpha value is -0.655. The summed E-state index contributed by atoms with van der Waals surface area (Å²) in [5, 5.41) is 0. The van der Waals surface area contributed by atoms with Crippen molar-refractivity contribution >= 4 is 7.05 Å². The van der Waals surface area contributed by atoms with Gasteiger partial charge in [0.2, 0.25) is 0 Å². The first-order chi connectivity index (χ1) is 3.39. The van der Waals surface area contributed by atoms with Crippen LogP contribution in [0, 0.1) is 6.92 Å². The number of aromatic nitrogens is 1. The van der Waals surface area contributed by atoms with Crippen LogP contribution in [0.3, 0.4) is 0 Å². The fraction of sp³-hybridized carbons (Fsp3) is 0.200. The summed E-state index contributed by atoms with van der Waals surface area (Å²) in [6.07, 6.45) is 1.77. The van der Waals surface area contributed by atoms with E-state index >= 15 is 0 Å². The Morgan fingerprint density at radius 1 is 1.71 bits per heavy atom. The molecule has 0 spiro atoms. The van der Waals surface area contributed by atoms with E-state index in [1.54, 1.807) is 6.20 Å². The minimum atomic E-state index is 1.21. The van der Waals surface area contributed by atoms with Crippen LogP contribution in [0.4, 0.5) is 0 Å². The molecule has 0 saturated carbocycles. The van der Waals surface area contributed by atoms with E-state index in [1.165, 1.54) is 5.46 Å². The first-order valence-corrected chi connectivity index (χ1v) is 2.26. The van der Waals surface area contributed by atoms with Crippen molar-refractivity contribution in [2.45, 2.75) is 6.92 Å². The molecular weight excluding hydrogens is 84.9 g/mol. The van der Waals surface area contributed by atoms with E-state index in [0.717, 1.165) is 0 Å². The normalized spacial score (nSPS) is 8.14. The Bertz CT molecular complexity index is 138. The van der Waals surface area contributed by atoms with Gasteiger partial charge in [0.1, 0.15) is 0 Å². The summed E-state index contributed by atoms with van der Waals surface area (Å²) < 4.78 is 0. The maximum absolute atomic E-state index is 3.88. The second-order valence-corrected chi connectivity index (χ2v) is 1.53. The predicted molar refractivity (Wildman–Crippen MR) is 30.3 cm³/mol. The van der Waals surface area contributed by atoms with Crippen LogP contribution in [-0.2, 0) is 0 Å². The summed E-state index contributed by atoms with van der Waals surface area (Å²) in [4.78, 5) is 3.88. The molecule has 1 nitrogen and oxygen atoms in total. The van der Waals surface area contributed by atoms with Gasteiger partial charge in [-0.15, -0.1) is 0 Å². The van der Waals surface area contributed by atoms with Crippen LogP contribution in [-0.4, -0.2) is 11.9 Å². The molecule has 1 heterocycles. The van der Waals surface area contributed by atoms with Gasteiger partial charge < -0.3 is 0 Å². The van der Waals surface area contributed by atoms with Crippen LogP contribution in [0.15, 0.2) is 18.3 Å². The summed E-state index contributed by atoms with van der Waals surface area (Å²) in [5.74, 6) is 0. The third-order valence-corrected chi connectivity index (χ3v) is 0.809. The number of aryl methyl sites for hydroxylation is 1.